The molecule has 2 aromatic rings. The molecule has 1 aromatic heterocycles. The highest BCUT2D eigenvalue weighted by Gasteiger charge is 2.31. The van der Waals surface area contributed by atoms with Gasteiger partial charge in [-0.3, -0.25) is 4.79 Å². The third-order valence-electron chi connectivity index (χ3n) is 5.81. The molecule has 28 heavy (non-hydrogen) atoms. The number of carbonyl (C=O) groups excluding carboxylic acids is 1. The van der Waals surface area contributed by atoms with Crippen LogP contribution in [0.4, 0.5) is 0 Å². The molecule has 5 nitrogen and oxygen atoms in total. The van der Waals surface area contributed by atoms with Crippen molar-refractivity contribution in [3.63, 3.8) is 0 Å². The maximum absolute atomic E-state index is 12.6. The summed E-state index contributed by atoms with van der Waals surface area (Å²) < 4.78 is 2.21. The van der Waals surface area contributed by atoms with Gasteiger partial charge in [0.05, 0.1) is 11.8 Å². The minimum absolute atomic E-state index is 0.109. The molecule has 1 aromatic carbocycles. The van der Waals surface area contributed by atoms with E-state index in [1.54, 1.807) is 0 Å². The molecule has 2 aliphatic rings. The fourth-order valence-corrected chi connectivity index (χ4v) is 4.82. The van der Waals surface area contributed by atoms with E-state index < -0.39 is 0 Å². The van der Waals surface area contributed by atoms with E-state index in [4.69, 9.17) is 0 Å². The van der Waals surface area contributed by atoms with Gasteiger partial charge in [-0.05, 0) is 44.1 Å². The molecule has 0 unspecified atom stereocenters. The van der Waals surface area contributed by atoms with E-state index in [0.29, 0.717) is 11.8 Å². The first kappa shape index (κ1) is 19.5. The average Bonchev–Trinajstić information content (AvgIpc) is 3.51. The smallest absolute Gasteiger partial charge is 0.233 e. The van der Waals surface area contributed by atoms with Crippen molar-refractivity contribution in [2.24, 2.45) is 5.92 Å². The molecule has 0 saturated heterocycles. The third kappa shape index (κ3) is 4.96. The summed E-state index contributed by atoms with van der Waals surface area (Å²) in [7, 11) is 0. The largest absolute Gasteiger partial charge is 0.355 e. The van der Waals surface area contributed by atoms with Gasteiger partial charge in [0.2, 0.25) is 5.91 Å². The molecular formula is C22H30N4OS. The van der Waals surface area contributed by atoms with Crippen molar-refractivity contribution in [2.45, 2.75) is 74.7 Å². The summed E-state index contributed by atoms with van der Waals surface area (Å²) in [4.78, 5) is 12.6. The molecule has 150 valence electrons. The van der Waals surface area contributed by atoms with Gasteiger partial charge in [-0.15, -0.1) is 10.2 Å². The lowest BCUT2D eigenvalue weighted by molar-refractivity contribution is -0.120. The van der Waals surface area contributed by atoms with Crippen LogP contribution in [0, 0.1) is 5.92 Å². The number of nitrogens with zero attached hydrogens (tertiary/aromatic N) is 3. The maximum atomic E-state index is 12.6. The van der Waals surface area contributed by atoms with Crippen LogP contribution in [0.3, 0.4) is 0 Å². The molecule has 0 spiro atoms. The fraction of sp³-hybridized carbons (Fsp3) is 0.591. The number of hydrogen-bond donors (Lipinski definition) is 1. The summed E-state index contributed by atoms with van der Waals surface area (Å²) in [6, 6.07) is 10.4. The average molecular weight is 399 g/mol. The summed E-state index contributed by atoms with van der Waals surface area (Å²) in [5.74, 6) is 2.36. The van der Waals surface area contributed by atoms with Gasteiger partial charge in [0.25, 0.3) is 0 Å². The first-order valence-electron chi connectivity index (χ1n) is 10.6. The van der Waals surface area contributed by atoms with Crippen LogP contribution in [0.25, 0.3) is 0 Å². The predicted molar refractivity (Wildman–Crippen MR) is 112 cm³/mol. The number of amides is 1. The molecule has 0 radical (unpaired) electrons. The lowest BCUT2D eigenvalue weighted by atomic mass is 9.89. The zero-order valence-electron chi connectivity index (χ0n) is 16.6. The van der Waals surface area contributed by atoms with E-state index in [9.17, 15) is 4.79 Å². The van der Waals surface area contributed by atoms with Gasteiger partial charge in [-0.2, -0.15) is 0 Å². The summed E-state index contributed by atoms with van der Waals surface area (Å²) >= 11 is 1.53. The molecule has 2 aliphatic carbocycles. The van der Waals surface area contributed by atoms with Crippen molar-refractivity contribution in [3.8, 4) is 0 Å². The van der Waals surface area contributed by atoms with E-state index in [2.05, 4.69) is 44.3 Å². The number of aromatic nitrogens is 3. The highest BCUT2D eigenvalue weighted by Crippen LogP contribution is 2.40. The summed E-state index contributed by atoms with van der Waals surface area (Å²) in [5, 5.41) is 12.8. The lowest BCUT2D eigenvalue weighted by Gasteiger charge is -2.22. The highest BCUT2D eigenvalue weighted by molar-refractivity contribution is 8.00. The highest BCUT2D eigenvalue weighted by atomic mass is 32.2. The third-order valence-corrected chi connectivity index (χ3v) is 6.89. The van der Waals surface area contributed by atoms with Crippen LogP contribution in [0.15, 0.2) is 35.5 Å². The second kappa shape index (κ2) is 9.12. The Morgan fingerprint density at radius 2 is 1.89 bits per heavy atom. The molecular weight excluding hydrogens is 368 g/mol. The Balaban J connectivity index is 1.39. The zero-order valence-corrected chi connectivity index (χ0v) is 17.5. The Morgan fingerprint density at radius 3 is 2.61 bits per heavy atom. The normalized spacial score (nSPS) is 18.8. The molecule has 0 aliphatic heterocycles. The number of thioether (sulfide) groups is 1. The van der Waals surface area contributed by atoms with Gasteiger partial charge in [0.1, 0.15) is 5.82 Å². The fourth-order valence-electron chi connectivity index (χ4n) is 3.94. The molecule has 4 rings (SSSR count). The molecule has 1 heterocycles. The van der Waals surface area contributed by atoms with Crippen molar-refractivity contribution in [3.05, 3.63) is 41.7 Å². The molecule has 2 fully saturated rings. The number of hydrogen-bond acceptors (Lipinski definition) is 4. The van der Waals surface area contributed by atoms with Crippen LogP contribution in [0.5, 0.6) is 0 Å². The molecule has 1 atom stereocenters. The Bertz CT molecular complexity index is 781. The Labute approximate surface area is 171 Å². The summed E-state index contributed by atoms with van der Waals surface area (Å²) in [6.45, 7) is 3.55. The van der Waals surface area contributed by atoms with Crippen molar-refractivity contribution >= 4 is 17.7 Å². The second-order valence-corrected chi connectivity index (χ2v) is 9.50. The van der Waals surface area contributed by atoms with Crippen molar-refractivity contribution in [1.82, 2.24) is 20.1 Å². The van der Waals surface area contributed by atoms with Crippen LogP contribution < -0.4 is 5.32 Å². The number of benzene rings is 1. The predicted octanol–water partition coefficient (Wildman–Crippen LogP) is 4.38. The molecule has 6 heteroatoms. The Kier molecular flexibility index (Phi) is 6.35. The molecule has 0 bridgehead atoms. The van der Waals surface area contributed by atoms with Crippen molar-refractivity contribution in [1.29, 1.82) is 0 Å². The number of carbonyl (C=O) groups is 1. The van der Waals surface area contributed by atoms with Gasteiger partial charge in [-0.25, -0.2) is 0 Å². The van der Waals surface area contributed by atoms with Crippen LogP contribution in [-0.4, -0.2) is 32.5 Å². The van der Waals surface area contributed by atoms with Crippen LogP contribution in [0.1, 0.15) is 69.2 Å². The number of nitrogens with one attached hydrogen (secondary N) is 1. The van der Waals surface area contributed by atoms with Crippen molar-refractivity contribution < 1.29 is 4.79 Å². The molecule has 1 N–H and O–H groups in total. The SMILES string of the molecule is C[C@H](Sc1nnc(C2CC2)n1Cc1ccccc1)C(=O)NCC1CCCCC1. The quantitative estimate of drug-likeness (QED) is 0.670. The van der Waals surface area contributed by atoms with Gasteiger partial charge in [0.15, 0.2) is 5.16 Å². The lowest BCUT2D eigenvalue weighted by Crippen LogP contribution is -2.35. The van der Waals surface area contributed by atoms with E-state index in [0.717, 1.165) is 24.1 Å². The van der Waals surface area contributed by atoms with Gasteiger partial charge < -0.3 is 9.88 Å². The monoisotopic (exact) mass is 398 g/mol. The molecule has 2 saturated carbocycles. The van der Waals surface area contributed by atoms with Crippen LogP contribution in [-0.2, 0) is 11.3 Å². The second-order valence-electron chi connectivity index (χ2n) is 8.20. The maximum Gasteiger partial charge on any atom is 0.233 e. The minimum atomic E-state index is -0.172. The number of rotatable bonds is 8. The van der Waals surface area contributed by atoms with Crippen LogP contribution >= 0.6 is 11.8 Å². The van der Waals surface area contributed by atoms with E-state index in [1.807, 2.05) is 13.0 Å². The summed E-state index contributed by atoms with van der Waals surface area (Å²) in [5.41, 5.74) is 1.24. The van der Waals surface area contributed by atoms with Crippen LogP contribution in [0.2, 0.25) is 0 Å². The topological polar surface area (TPSA) is 59.8 Å². The first-order chi connectivity index (χ1) is 13.7. The molecule has 1 amide bonds. The minimum Gasteiger partial charge on any atom is -0.355 e. The Morgan fingerprint density at radius 1 is 1.14 bits per heavy atom. The van der Waals surface area contributed by atoms with Gasteiger partial charge >= 0.3 is 0 Å². The van der Waals surface area contributed by atoms with E-state index >= 15 is 0 Å². The first-order valence-corrected chi connectivity index (χ1v) is 11.5. The Hall–Kier alpha value is -1.82. The van der Waals surface area contributed by atoms with E-state index in [1.165, 1.54) is 62.3 Å². The summed E-state index contributed by atoms with van der Waals surface area (Å²) in [6.07, 6.45) is 8.83. The van der Waals surface area contributed by atoms with E-state index in [-0.39, 0.29) is 11.2 Å². The van der Waals surface area contributed by atoms with Gasteiger partial charge in [-0.1, -0.05) is 61.4 Å². The standard InChI is InChI=1S/C22H30N4OS/c1-16(21(27)23-14-17-8-4-2-5-9-17)28-22-25-24-20(19-12-13-19)26(22)15-18-10-6-3-7-11-18/h3,6-7,10-11,16-17,19H,2,4-5,8-9,12-15H2,1H3,(H,23,27)/t16-/m0/s1. The van der Waals surface area contributed by atoms with Crippen molar-refractivity contribution in [2.75, 3.05) is 6.54 Å². The zero-order chi connectivity index (χ0) is 19.3. The van der Waals surface area contributed by atoms with Gasteiger partial charge in [0, 0.05) is 12.5 Å².